The molecule has 0 aliphatic carbocycles. The van der Waals surface area contributed by atoms with Crippen molar-refractivity contribution in [1.29, 1.82) is 0 Å². The topological polar surface area (TPSA) is 164 Å². The largest absolute Gasteiger partial charge is 0.351 e. The molecular formula is C23H20ClF2N9O3. The Morgan fingerprint density at radius 2 is 2.03 bits per heavy atom. The molecule has 2 atom stereocenters. The molecule has 12 nitrogen and oxygen atoms in total. The summed E-state index contributed by atoms with van der Waals surface area (Å²) in [5, 5.41) is 18.9. The zero-order chi connectivity index (χ0) is 27.0. The Morgan fingerprint density at radius 1 is 1.24 bits per heavy atom. The van der Waals surface area contributed by atoms with Gasteiger partial charge in [-0.3, -0.25) is 9.36 Å². The molecule has 1 saturated heterocycles. The summed E-state index contributed by atoms with van der Waals surface area (Å²) >= 11 is 5.99. The maximum Gasteiger partial charge on any atom is 0.323 e. The monoisotopic (exact) mass is 543 g/mol. The van der Waals surface area contributed by atoms with Crippen molar-refractivity contribution in [2.45, 2.75) is 25.2 Å². The average molecular weight is 544 g/mol. The van der Waals surface area contributed by atoms with Gasteiger partial charge in [0.05, 0.1) is 22.8 Å². The molecule has 5 rings (SSSR count). The molecule has 2 aromatic heterocycles. The van der Waals surface area contributed by atoms with Gasteiger partial charge in [-0.15, -0.1) is 10.2 Å². The molecule has 0 radical (unpaired) electrons. The molecular weight excluding hydrogens is 524 g/mol. The molecule has 1 fully saturated rings. The van der Waals surface area contributed by atoms with E-state index in [-0.39, 0.29) is 41.6 Å². The third kappa shape index (κ3) is 4.72. The summed E-state index contributed by atoms with van der Waals surface area (Å²) in [6.07, 6.45) is -0.336. The number of hydrogen-bond acceptors (Lipinski definition) is 6. The van der Waals surface area contributed by atoms with Crippen LogP contribution in [0.5, 0.6) is 0 Å². The van der Waals surface area contributed by atoms with Gasteiger partial charge in [0.25, 0.3) is 0 Å². The number of carbonyl (C=O) groups is 3. The molecule has 1 aliphatic rings. The van der Waals surface area contributed by atoms with E-state index < -0.39 is 36.0 Å². The van der Waals surface area contributed by atoms with E-state index in [1.165, 1.54) is 22.9 Å². The molecule has 0 unspecified atom stereocenters. The number of amides is 4. The normalized spacial score (nSPS) is 17.1. The number of fused-ring (bicyclic) bond motifs is 1. The SMILES string of the molecule is NC(=O)n1cc(NC(=O)N2C[C@H](F)C[C@H]2C(=O)NCc2cc(-c3nn[nH]n3)cc(Cl)c2F)c2ccccc21. The fourth-order valence-electron chi connectivity index (χ4n) is 4.39. The lowest BCUT2D eigenvalue weighted by atomic mass is 10.1. The summed E-state index contributed by atoms with van der Waals surface area (Å²) in [5.41, 5.74) is 6.56. The highest BCUT2D eigenvalue weighted by Gasteiger charge is 2.40. The van der Waals surface area contributed by atoms with E-state index in [0.29, 0.717) is 16.5 Å². The van der Waals surface area contributed by atoms with Gasteiger partial charge in [-0.2, -0.15) is 5.21 Å². The number of carbonyl (C=O) groups excluding carboxylic acids is 3. The number of H-pyrrole nitrogens is 1. The quantitative estimate of drug-likeness (QED) is 0.302. The van der Waals surface area contributed by atoms with E-state index in [9.17, 15) is 23.2 Å². The maximum atomic E-state index is 14.6. The summed E-state index contributed by atoms with van der Waals surface area (Å²) in [6.45, 7) is -0.614. The van der Waals surface area contributed by atoms with Crippen molar-refractivity contribution in [2.24, 2.45) is 5.73 Å². The molecule has 4 aromatic rings. The number of urea groups is 1. The van der Waals surface area contributed by atoms with Crippen LogP contribution < -0.4 is 16.4 Å². The molecule has 1 aliphatic heterocycles. The number of para-hydroxylation sites is 1. The number of nitrogens with two attached hydrogens (primary N) is 1. The number of tetrazole rings is 1. The van der Waals surface area contributed by atoms with Crippen LogP contribution in [-0.2, 0) is 11.3 Å². The van der Waals surface area contributed by atoms with Crippen LogP contribution in [0.25, 0.3) is 22.3 Å². The van der Waals surface area contributed by atoms with Gasteiger partial charge in [0.15, 0.2) is 0 Å². The Balaban J connectivity index is 1.32. The number of likely N-dealkylation sites (tertiary alicyclic amines) is 1. The van der Waals surface area contributed by atoms with Crippen molar-refractivity contribution in [3.05, 3.63) is 59.0 Å². The van der Waals surface area contributed by atoms with Crippen LogP contribution in [-0.4, -0.2) is 66.8 Å². The fraction of sp³-hybridized carbons (Fsp3) is 0.217. The van der Waals surface area contributed by atoms with Gasteiger partial charge in [-0.05, 0) is 23.4 Å². The fourth-order valence-corrected chi connectivity index (χ4v) is 4.63. The number of aromatic amines is 1. The van der Waals surface area contributed by atoms with Gasteiger partial charge < -0.3 is 21.3 Å². The zero-order valence-corrected chi connectivity index (χ0v) is 20.2. The molecule has 0 saturated carbocycles. The molecule has 3 heterocycles. The number of rotatable bonds is 5. The van der Waals surface area contributed by atoms with Gasteiger partial charge in [-0.1, -0.05) is 29.8 Å². The average Bonchev–Trinajstić information content (AvgIpc) is 3.64. The molecule has 4 amide bonds. The Bertz CT molecular complexity index is 1540. The summed E-state index contributed by atoms with van der Waals surface area (Å²) in [7, 11) is 0. The van der Waals surface area contributed by atoms with Crippen LogP contribution in [0, 0.1) is 5.82 Å². The minimum absolute atomic E-state index is 0.0377. The Hall–Kier alpha value is -4.59. The van der Waals surface area contributed by atoms with Gasteiger partial charge in [0, 0.05) is 35.7 Å². The molecule has 5 N–H and O–H groups in total. The number of anilines is 1. The van der Waals surface area contributed by atoms with Gasteiger partial charge >= 0.3 is 12.1 Å². The number of alkyl halides is 1. The van der Waals surface area contributed by atoms with Crippen molar-refractivity contribution in [3.63, 3.8) is 0 Å². The lowest BCUT2D eigenvalue weighted by Crippen LogP contribution is -2.47. The highest BCUT2D eigenvalue weighted by atomic mass is 35.5. The summed E-state index contributed by atoms with van der Waals surface area (Å²) in [4.78, 5) is 38.9. The number of aromatic nitrogens is 5. The maximum absolute atomic E-state index is 14.6. The van der Waals surface area contributed by atoms with Gasteiger partial charge in [0.1, 0.15) is 18.0 Å². The standard InChI is InChI=1S/C23H20ClF2N9O3/c24-15-6-11(20-30-32-33-31-20)5-12(19(15)26)8-28-21(36)18-7-13(25)9-35(18)23(38)29-16-10-34(22(27)37)17-4-2-1-3-14(16)17/h1-6,10,13,18H,7-9H2,(H2,27,37)(H,28,36)(H,29,38)(H,30,31,32,33)/t13-,18+/m1/s1. The molecule has 196 valence electrons. The Kier molecular flexibility index (Phi) is 6.63. The third-order valence-corrected chi connectivity index (χ3v) is 6.44. The van der Waals surface area contributed by atoms with Crippen LogP contribution in [0.2, 0.25) is 5.02 Å². The van der Waals surface area contributed by atoms with Crippen molar-refractivity contribution in [3.8, 4) is 11.4 Å². The summed E-state index contributed by atoms with van der Waals surface area (Å²) in [5.74, 6) is -1.26. The lowest BCUT2D eigenvalue weighted by Gasteiger charge is -2.24. The van der Waals surface area contributed by atoms with E-state index >= 15 is 0 Å². The lowest BCUT2D eigenvalue weighted by molar-refractivity contribution is -0.124. The van der Waals surface area contributed by atoms with Crippen LogP contribution in [0.1, 0.15) is 12.0 Å². The number of halogens is 3. The summed E-state index contributed by atoms with van der Waals surface area (Å²) in [6, 6.07) is 6.81. The molecule has 2 aromatic carbocycles. The molecule has 0 bridgehead atoms. The number of benzene rings is 2. The van der Waals surface area contributed by atoms with E-state index in [4.69, 9.17) is 17.3 Å². The number of hydrogen-bond donors (Lipinski definition) is 4. The Morgan fingerprint density at radius 3 is 2.76 bits per heavy atom. The second-order valence-corrected chi connectivity index (χ2v) is 8.99. The van der Waals surface area contributed by atoms with Crippen molar-refractivity contribution in [1.82, 2.24) is 35.4 Å². The number of primary amides is 1. The third-order valence-electron chi connectivity index (χ3n) is 6.16. The predicted octanol–water partition coefficient (Wildman–Crippen LogP) is 2.80. The number of nitrogens with one attached hydrogen (secondary N) is 3. The molecule has 38 heavy (non-hydrogen) atoms. The van der Waals surface area contributed by atoms with Crippen LogP contribution in [0.4, 0.5) is 24.1 Å². The first-order chi connectivity index (χ1) is 18.2. The minimum Gasteiger partial charge on any atom is -0.351 e. The molecule has 0 spiro atoms. The highest BCUT2D eigenvalue weighted by molar-refractivity contribution is 6.31. The first kappa shape index (κ1) is 25.1. The van der Waals surface area contributed by atoms with E-state index in [2.05, 4.69) is 31.3 Å². The Labute approximate surface area is 218 Å². The molecule has 15 heteroatoms. The second-order valence-electron chi connectivity index (χ2n) is 8.58. The van der Waals surface area contributed by atoms with Crippen LogP contribution >= 0.6 is 11.6 Å². The second kappa shape index (κ2) is 10.0. The predicted molar refractivity (Wildman–Crippen MR) is 132 cm³/mol. The van der Waals surface area contributed by atoms with Crippen LogP contribution in [0.3, 0.4) is 0 Å². The summed E-state index contributed by atoms with van der Waals surface area (Å²) < 4.78 is 30.2. The van der Waals surface area contributed by atoms with Crippen LogP contribution in [0.15, 0.2) is 42.6 Å². The smallest absolute Gasteiger partial charge is 0.323 e. The van der Waals surface area contributed by atoms with Crippen molar-refractivity contribution < 1.29 is 23.2 Å². The first-order valence-corrected chi connectivity index (χ1v) is 11.7. The minimum atomic E-state index is -1.45. The zero-order valence-electron chi connectivity index (χ0n) is 19.5. The van der Waals surface area contributed by atoms with Gasteiger partial charge in [0.2, 0.25) is 11.7 Å². The number of nitrogens with zero attached hydrogens (tertiary/aromatic N) is 5. The van der Waals surface area contributed by atoms with Crippen molar-refractivity contribution >= 4 is 46.2 Å². The first-order valence-electron chi connectivity index (χ1n) is 11.3. The van der Waals surface area contributed by atoms with Gasteiger partial charge in [-0.25, -0.2) is 18.4 Å². The highest BCUT2D eigenvalue weighted by Crippen LogP contribution is 2.29. The van der Waals surface area contributed by atoms with Crippen molar-refractivity contribution in [2.75, 3.05) is 11.9 Å². The van der Waals surface area contributed by atoms with E-state index in [0.717, 1.165) is 4.90 Å². The van der Waals surface area contributed by atoms with E-state index in [1.54, 1.807) is 24.3 Å². The van der Waals surface area contributed by atoms with E-state index in [1.807, 2.05) is 0 Å².